The molecular weight excluding hydrogens is 190 g/mol. The molecule has 0 aliphatic heterocycles. The summed E-state index contributed by atoms with van der Waals surface area (Å²) in [4.78, 5) is 4.14. The molecule has 0 radical (unpaired) electrons. The van der Waals surface area contributed by atoms with E-state index in [0.29, 0.717) is 12.5 Å². The first-order valence-corrected chi connectivity index (χ1v) is 5.34. The number of nitrogens with one attached hydrogen (secondary N) is 1. The van der Waals surface area contributed by atoms with Crippen LogP contribution in [0.2, 0.25) is 0 Å². The Bertz CT molecular complexity index is 305. The number of aryl methyl sites for hydroxylation is 1. The van der Waals surface area contributed by atoms with Gasteiger partial charge in [-0.2, -0.15) is 0 Å². The van der Waals surface area contributed by atoms with Crippen molar-refractivity contribution in [3.8, 4) is 0 Å². The third-order valence-corrected chi connectivity index (χ3v) is 2.30. The minimum Gasteiger partial charge on any atom is -0.388 e. The summed E-state index contributed by atoms with van der Waals surface area (Å²) in [6.45, 7) is 6.59. The summed E-state index contributed by atoms with van der Waals surface area (Å²) in [5.41, 5.74) is -0.680. The van der Waals surface area contributed by atoms with E-state index in [0.717, 1.165) is 12.4 Å². The molecule has 0 aromatic carbocycles. The average molecular weight is 211 g/mol. The van der Waals surface area contributed by atoms with Crippen LogP contribution in [0.5, 0.6) is 0 Å². The third kappa shape index (κ3) is 3.91. The predicted octanol–water partition coefficient (Wildman–Crippen LogP) is 1.63. The minimum atomic E-state index is -0.680. The van der Waals surface area contributed by atoms with Crippen LogP contribution in [0.1, 0.15) is 27.2 Å². The topological polar surface area (TPSA) is 50.1 Å². The van der Waals surface area contributed by atoms with Crippen molar-refractivity contribution in [1.29, 1.82) is 0 Å². The van der Waals surface area contributed by atoms with Gasteiger partial charge in [-0.25, -0.2) is 4.98 Å². The van der Waals surface area contributed by atoms with E-state index in [2.05, 4.69) is 24.1 Å². The van der Waals surface area contributed by atoms with Crippen molar-refractivity contribution in [2.45, 2.75) is 32.8 Å². The Kier molecular flexibility index (Phi) is 3.74. The maximum atomic E-state index is 10.1. The Morgan fingerprint density at radius 3 is 2.73 bits per heavy atom. The molecule has 15 heavy (non-hydrogen) atoms. The Morgan fingerprint density at radius 1 is 1.60 bits per heavy atom. The fourth-order valence-electron chi connectivity index (χ4n) is 1.76. The van der Waals surface area contributed by atoms with Crippen molar-refractivity contribution in [2.75, 3.05) is 11.9 Å². The van der Waals surface area contributed by atoms with Gasteiger partial charge in [0.2, 0.25) is 5.95 Å². The molecule has 4 nitrogen and oxygen atoms in total. The molecule has 86 valence electrons. The second kappa shape index (κ2) is 4.66. The largest absolute Gasteiger partial charge is 0.388 e. The second-order valence-corrected chi connectivity index (χ2v) is 4.81. The smallest absolute Gasteiger partial charge is 0.202 e. The van der Waals surface area contributed by atoms with Crippen LogP contribution >= 0.6 is 0 Å². The highest BCUT2D eigenvalue weighted by Crippen LogP contribution is 2.16. The Labute approximate surface area is 91.3 Å². The lowest BCUT2D eigenvalue weighted by atomic mass is 9.94. The molecule has 4 heteroatoms. The molecule has 0 saturated heterocycles. The van der Waals surface area contributed by atoms with E-state index in [4.69, 9.17) is 0 Å². The predicted molar refractivity (Wildman–Crippen MR) is 61.8 cm³/mol. The molecule has 1 aromatic heterocycles. The molecule has 1 unspecified atom stereocenters. The zero-order valence-electron chi connectivity index (χ0n) is 9.99. The molecule has 1 rings (SSSR count). The zero-order chi connectivity index (χ0) is 11.5. The van der Waals surface area contributed by atoms with Crippen molar-refractivity contribution in [3.05, 3.63) is 12.4 Å². The van der Waals surface area contributed by atoms with Crippen LogP contribution in [0.4, 0.5) is 5.95 Å². The highest BCUT2D eigenvalue weighted by atomic mass is 16.3. The molecule has 1 aromatic rings. The van der Waals surface area contributed by atoms with Gasteiger partial charge in [0.05, 0.1) is 5.60 Å². The summed E-state index contributed by atoms with van der Waals surface area (Å²) in [5, 5.41) is 13.2. The molecule has 2 N–H and O–H groups in total. The standard InChI is InChI=1S/C11H21N3O/c1-9(2)7-11(3,15)8-13-10-12-5-6-14(10)4/h5-6,9,15H,7-8H2,1-4H3,(H,12,13). The van der Waals surface area contributed by atoms with Crippen molar-refractivity contribution >= 4 is 5.95 Å². The van der Waals surface area contributed by atoms with Crippen molar-refractivity contribution in [2.24, 2.45) is 13.0 Å². The van der Waals surface area contributed by atoms with Gasteiger partial charge in [-0.05, 0) is 19.3 Å². The normalized spacial score (nSPS) is 15.3. The van der Waals surface area contributed by atoms with Crippen LogP contribution in [-0.2, 0) is 7.05 Å². The number of nitrogens with zero attached hydrogens (tertiary/aromatic N) is 2. The zero-order valence-corrected chi connectivity index (χ0v) is 9.99. The van der Waals surface area contributed by atoms with Crippen LogP contribution in [0.15, 0.2) is 12.4 Å². The molecule has 0 fully saturated rings. The molecule has 0 amide bonds. The van der Waals surface area contributed by atoms with Crippen LogP contribution in [-0.4, -0.2) is 26.8 Å². The number of hydrogen-bond donors (Lipinski definition) is 2. The first kappa shape index (κ1) is 12.0. The van der Waals surface area contributed by atoms with Crippen molar-refractivity contribution in [3.63, 3.8) is 0 Å². The summed E-state index contributed by atoms with van der Waals surface area (Å²) in [7, 11) is 1.92. The van der Waals surface area contributed by atoms with Crippen LogP contribution in [0.3, 0.4) is 0 Å². The number of anilines is 1. The summed E-state index contributed by atoms with van der Waals surface area (Å²) in [6.07, 6.45) is 4.39. The van der Waals surface area contributed by atoms with Crippen molar-refractivity contribution < 1.29 is 5.11 Å². The third-order valence-electron chi connectivity index (χ3n) is 2.30. The maximum absolute atomic E-state index is 10.1. The monoisotopic (exact) mass is 211 g/mol. The molecule has 0 aliphatic rings. The number of aromatic nitrogens is 2. The SMILES string of the molecule is CC(C)CC(C)(O)CNc1nccn1C. The lowest BCUT2D eigenvalue weighted by molar-refractivity contribution is 0.0513. The van der Waals surface area contributed by atoms with Gasteiger partial charge >= 0.3 is 0 Å². The highest BCUT2D eigenvalue weighted by Gasteiger charge is 2.21. The van der Waals surface area contributed by atoms with Crippen LogP contribution in [0.25, 0.3) is 0 Å². The van der Waals surface area contributed by atoms with Gasteiger partial charge < -0.3 is 15.0 Å². The van der Waals surface area contributed by atoms with E-state index in [-0.39, 0.29) is 0 Å². The number of imidazole rings is 1. The van der Waals surface area contributed by atoms with E-state index >= 15 is 0 Å². The van der Waals surface area contributed by atoms with Gasteiger partial charge in [0.25, 0.3) is 0 Å². The summed E-state index contributed by atoms with van der Waals surface area (Å²) in [5.74, 6) is 1.28. The van der Waals surface area contributed by atoms with Gasteiger partial charge in [0.1, 0.15) is 0 Å². The fourth-order valence-corrected chi connectivity index (χ4v) is 1.76. The molecular formula is C11H21N3O. The molecule has 1 heterocycles. The van der Waals surface area contributed by atoms with Crippen LogP contribution in [0, 0.1) is 5.92 Å². The second-order valence-electron chi connectivity index (χ2n) is 4.81. The van der Waals surface area contributed by atoms with E-state index < -0.39 is 5.60 Å². The molecule has 0 aliphatic carbocycles. The number of aliphatic hydroxyl groups is 1. The first-order chi connectivity index (χ1) is 6.91. The Hall–Kier alpha value is -1.03. The van der Waals surface area contributed by atoms with Gasteiger partial charge in [-0.3, -0.25) is 0 Å². The molecule has 0 saturated carbocycles. The van der Waals surface area contributed by atoms with E-state index in [1.807, 2.05) is 24.7 Å². The fraction of sp³-hybridized carbons (Fsp3) is 0.727. The maximum Gasteiger partial charge on any atom is 0.202 e. The Balaban J connectivity index is 2.46. The average Bonchev–Trinajstić information content (AvgIpc) is 2.45. The van der Waals surface area contributed by atoms with E-state index in [9.17, 15) is 5.11 Å². The number of rotatable bonds is 5. The van der Waals surface area contributed by atoms with Gasteiger partial charge in [0, 0.05) is 26.0 Å². The lowest BCUT2D eigenvalue weighted by Gasteiger charge is -2.25. The summed E-state index contributed by atoms with van der Waals surface area (Å²) < 4.78 is 1.89. The molecule has 1 atom stereocenters. The van der Waals surface area contributed by atoms with E-state index in [1.165, 1.54) is 0 Å². The van der Waals surface area contributed by atoms with Gasteiger partial charge in [-0.15, -0.1) is 0 Å². The Morgan fingerprint density at radius 2 is 2.27 bits per heavy atom. The highest BCUT2D eigenvalue weighted by molar-refractivity contribution is 5.25. The first-order valence-electron chi connectivity index (χ1n) is 5.34. The quantitative estimate of drug-likeness (QED) is 0.778. The summed E-state index contributed by atoms with van der Waals surface area (Å²) in [6, 6.07) is 0. The molecule has 0 bridgehead atoms. The molecule has 0 spiro atoms. The van der Waals surface area contributed by atoms with Gasteiger partial charge in [0.15, 0.2) is 0 Å². The lowest BCUT2D eigenvalue weighted by Crippen LogP contribution is -2.35. The minimum absolute atomic E-state index is 0.489. The van der Waals surface area contributed by atoms with Crippen molar-refractivity contribution in [1.82, 2.24) is 9.55 Å². The number of hydrogen-bond acceptors (Lipinski definition) is 3. The summed E-state index contributed by atoms with van der Waals surface area (Å²) >= 11 is 0. The van der Waals surface area contributed by atoms with Gasteiger partial charge in [-0.1, -0.05) is 13.8 Å². The van der Waals surface area contributed by atoms with E-state index in [1.54, 1.807) is 6.20 Å². The van der Waals surface area contributed by atoms with Crippen LogP contribution < -0.4 is 5.32 Å².